The van der Waals surface area contributed by atoms with Crippen molar-refractivity contribution >= 4 is 27.4 Å². The average molecular weight is 331 g/mol. The Balaban J connectivity index is 2.06. The van der Waals surface area contributed by atoms with Crippen molar-refractivity contribution in [2.45, 2.75) is 37.5 Å². The zero-order valence-corrected chi connectivity index (χ0v) is 14.4. The number of benzene rings is 1. The highest BCUT2D eigenvalue weighted by Crippen LogP contribution is 2.54. The Morgan fingerprint density at radius 2 is 1.91 bits per heavy atom. The molecule has 23 heavy (non-hydrogen) atoms. The summed E-state index contributed by atoms with van der Waals surface area (Å²) in [5, 5.41) is 9.57. The van der Waals surface area contributed by atoms with E-state index in [1.165, 1.54) is 25.2 Å². The van der Waals surface area contributed by atoms with Gasteiger partial charge in [-0.3, -0.25) is 4.99 Å². The molecule has 1 saturated carbocycles. The van der Waals surface area contributed by atoms with Crippen LogP contribution in [0.25, 0.3) is 0 Å². The lowest BCUT2D eigenvalue weighted by atomic mass is 9.93. The van der Waals surface area contributed by atoms with E-state index in [-0.39, 0.29) is 4.90 Å². The quantitative estimate of drug-likeness (QED) is 0.798. The fourth-order valence-corrected chi connectivity index (χ4v) is 3.96. The van der Waals surface area contributed by atoms with Crippen LogP contribution in [0.3, 0.4) is 0 Å². The molecule has 2 fully saturated rings. The Bertz CT molecular complexity index is 792. The number of anilines is 1. The smallest absolute Gasteiger partial charge is 0.175 e. The topological polar surface area (TPSA) is 73.5 Å². The standard InChI is InChI=1S/C17H21N3O2S/c1-3-19-15-10-13(23(2,21)22)11-16(14(15)12-18)20-8-6-17(4-5-17)7-9-20/h3,10-11H,4-9H2,1-2H3. The Hall–Kier alpha value is -1.87. The van der Waals surface area contributed by atoms with Crippen LogP contribution in [0.2, 0.25) is 0 Å². The van der Waals surface area contributed by atoms with E-state index in [9.17, 15) is 13.7 Å². The van der Waals surface area contributed by atoms with Crippen molar-refractivity contribution in [1.29, 1.82) is 5.26 Å². The first-order chi connectivity index (χ1) is 10.9. The first-order valence-electron chi connectivity index (χ1n) is 7.90. The van der Waals surface area contributed by atoms with E-state index >= 15 is 0 Å². The second-order valence-electron chi connectivity index (χ2n) is 6.59. The Labute approximate surface area is 137 Å². The number of rotatable bonds is 3. The molecule has 0 N–H and O–H groups in total. The molecule has 1 heterocycles. The van der Waals surface area contributed by atoms with Gasteiger partial charge < -0.3 is 4.90 Å². The zero-order chi connectivity index (χ0) is 16.7. The summed E-state index contributed by atoms with van der Waals surface area (Å²) < 4.78 is 24.0. The molecule has 3 rings (SSSR count). The molecule has 0 aromatic heterocycles. The number of nitriles is 1. The second-order valence-corrected chi connectivity index (χ2v) is 8.61. The van der Waals surface area contributed by atoms with Crippen LogP contribution >= 0.6 is 0 Å². The second kappa shape index (κ2) is 5.64. The van der Waals surface area contributed by atoms with Crippen LogP contribution < -0.4 is 4.90 Å². The van der Waals surface area contributed by atoms with Gasteiger partial charge in [-0.05, 0) is 50.2 Å². The number of sulfone groups is 1. The Morgan fingerprint density at radius 1 is 1.26 bits per heavy atom. The van der Waals surface area contributed by atoms with Crippen LogP contribution in [-0.4, -0.2) is 34.0 Å². The fraction of sp³-hybridized carbons (Fsp3) is 0.529. The molecule has 0 unspecified atom stereocenters. The van der Waals surface area contributed by atoms with Gasteiger partial charge in [0.2, 0.25) is 0 Å². The van der Waals surface area contributed by atoms with Gasteiger partial charge in [0.25, 0.3) is 0 Å². The van der Waals surface area contributed by atoms with Gasteiger partial charge in [0.15, 0.2) is 9.84 Å². The maximum atomic E-state index is 12.0. The maximum Gasteiger partial charge on any atom is 0.175 e. The van der Waals surface area contributed by atoms with E-state index in [2.05, 4.69) is 16.0 Å². The minimum Gasteiger partial charge on any atom is -0.370 e. The lowest BCUT2D eigenvalue weighted by Crippen LogP contribution is -2.35. The van der Waals surface area contributed by atoms with Crippen molar-refractivity contribution in [3.05, 3.63) is 17.7 Å². The number of hydrogen-bond donors (Lipinski definition) is 0. The van der Waals surface area contributed by atoms with Gasteiger partial charge >= 0.3 is 0 Å². The van der Waals surface area contributed by atoms with E-state index in [4.69, 9.17) is 0 Å². The molecule has 2 aliphatic rings. The molecule has 0 bridgehead atoms. The molecule has 0 atom stereocenters. The molecule has 0 amide bonds. The molecule has 5 nitrogen and oxygen atoms in total. The van der Waals surface area contributed by atoms with Gasteiger partial charge in [-0.2, -0.15) is 5.26 Å². The molecule has 1 aliphatic carbocycles. The monoisotopic (exact) mass is 331 g/mol. The van der Waals surface area contributed by atoms with E-state index in [0.717, 1.165) is 25.9 Å². The molecule has 1 aromatic rings. The summed E-state index contributed by atoms with van der Waals surface area (Å²) in [5.74, 6) is 0. The number of nitrogens with zero attached hydrogens (tertiary/aromatic N) is 3. The lowest BCUT2D eigenvalue weighted by Gasteiger charge is -2.34. The van der Waals surface area contributed by atoms with Gasteiger partial charge in [-0.15, -0.1) is 0 Å². The third-order valence-corrected chi connectivity index (χ3v) is 6.09. The molecule has 1 aliphatic heterocycles. The highest BCUT2D eigenvalue weighted by molar-refractivity contribution is 7.90. The van der Waals surface area contributed by atoms with Gasteiger partial charge in [0.1, 0.15) is 11.6 Å². The number of piperidine rings is 1. The van der Waals surface area contributed by atoms with Crippen LogP contribution in [0.15, 0.2) is 22.0 Å². The van der Waals surface area contributed by atoms with E-state index in [0.29, 0.717) is 22.4 Å². The summed E-state index contributed by atoms with van der Waals surface area (Å²) in [6.07, 6.45) is 7.62. The van der Waals surface area contributed by atoms with Gasteiger partial charge in [-0.1, -0.05) is 0 Å². The molecule has 122 valence electrons. The fourth-order valence-electron chi connectivity index (χ4n) is 3.30. The summed E-state index contributed by atoms with van der Waals surface area (Å²) in [5.41, 5.74) is 2.12. The van der Waals surface area contributed by atoms with Gasteiger partial charge in [-0.25, -0.2) is 8.42 Å². The SMILES string of the molecule is CC=Nc1cc(S(C)(=O)=O)cc(N2CCC3(CC2)CC3)c1C#N. The number of hydrogen-bond acceptors (Lipinski definition) is 5. The predicted molar refractivity (Wildman–Crippen MR) is 91.2 cm³/mol. The molecule has 6 heteroatoms. The van der Waals surface area contributed by atoms with E-state index in [1.807, 2.05) is 0 Å². The Morgan fingerprint density at radius 3 is 2.39 bits per heavy atom. The molecular formula is C17H21N3O2S. The highest BCUT2D eigenvalue weighted by atomic mass is 32.2. The van der Waals surface area contributed by atoms with Crippen molar-refractivity contribution in [2.75, 3.05) is 24.2 Å². The Kier molecular flexibility index (Phi) is 3.93. The van der Waals surface area contributed by atoms with Gasteiger partial charge in [0, 0.05) is 25.6 Å². The molecule has 0 radical (unpaired) electrons. The third-order valence-electron chi connectivity index (χ3n) is 5.00. The predicted octanol–water partition coefficient (Wildman–Crippen LogP) is 3.06. The van der Waals surface area contributed by atoms with Crippen LogP contribution in [0.5, 0.6) is 0 Å². The molecule has 1 aromatic carbocycles. The number of aliphatic imine (C=N–C) groups is 1. The first kappa shape index (κ1) is 16.0. The van der Waals surface area contributed by atoms with Crippen LogP contribution in [0, 0.1) is 16.7 Å². The summed E-state index contributed by atoms with van der Waals surface area (Å²) in [7, 11) is -3.35. The normalized spacial score (nSPS) is 20.0. The lowest BCUT2D eigenvalue weighted by molar-refractivity contribution is 0.384. The maximum absolute atomic E-state index is 12.0. The van der Waals surface area contributed by atoms with Crippen molar-refractivity contribution in [3.63, 3.8) is 0 Å². The molecule has 1 saturated heterocycles. The summed E-state index contributed by atoms with van der Waals surface area (Å²) in [6.45, 7) is 3.50. The van der Waals surface area contributed by atoms with Crippen molar-refractivity contribution in [3.8, 4) is 6.07 Å². The summed E-state index contributed by atoms with van der Waals surface area (Å²) >= 11 is 0. The van der Waals surface area contributed by atoms with E-state index in [1.54, 1.807) is 19.2 Å². The summed E-state index contributed by atoms with van der Waals surface area (Å²) in [6, 6.07) is 5.33. The van der Waals surface area contributed by atoms with Crippen LogP contribution in [0.1, 0.15) is 38.2 Å². The van der Waals surface area contributed by atoms with Gasteiger partial charge in [0.05, 0.1) is 16.3 Å². The van der Waals surface area contributed by atoms with Crippen molar-refractivity contribution in [1.82, 2.24) is 0 Å². The first-order valence-corrected chi connectivity index (χ1v) is 9.79. The minimum absolute atomic E-state index is 0.221. The van der Waals surface area contributed by atoms with Crippen molar-refractivity contribution in [2.24, 2.45) is 10.4 Å². The minimum atomic E-state index is -3.35. The molecule has 1 spiro atoms. The average Bonchev–Trinajstić information content (AvgIpc) is 3.26. The van der Waals surface area contributed by atoms with Crippen LogP contribution in [-0.2, 0) is 9.84 Å². The summed E-state index contributed by atoms with van der Waals surface area (Å²) in [4.78, 5) is 6.57. The zero-order valence-electron chi connectivity index (χ0n) is 13.5. The molecular weight excluding hydrogens is 310 g/mol. The van der Waals surface area contributed by atoms with E-state index < -0.39 is 9.84 Å². The highest BCUT2D eigenvalue weighted by Gasteiger charge is 2.44. The van der Waals surface area contributed by atoms with Crippen LogP contribution in [0.4, 0.5) is 11.4 Å². The largest absolute Gasteiger partial charge is 0.370 e. The van der Waals surface area contributed by atoms with Crippen molar-refractivity contribution < 1.29 is 8.42 Å². The third kappa shape index (κ3) is 3.11.